The number of para-hydroxylation sites is 1. The molecular weight excluding hydrogens is 432 g/mol. The van der Waals surface area contributed by atoms with Gasteiger partial charge in [0.2, 0.25) is 0 Å². The molecule has 0 radical (unpaired) electrons. The number of azo groups is 1. The van der Waals surface area contributed by atoms with Crippen molar-refractivity contribution >= 4 is 33.1 Å². The van der Waals surface area contributed by atoms with Crippen LogP contribution in [0.3, 0.4) is 0 Å². The predicted octanol–water partition coefficient (Wildman–Crippen LogP) is 4.60. The molecule has 32 heavy (non-hydrogen) atoms. The number of benzene rings is 3. The highest BCUT2D eigenvalue weighted by molar-refractivity contribution is 7.86. The molecule has 9 nitrogen and oxygen atoms in total. The molecule has 0 fully saturated rings. The molecule has 0 saturated carbocycles. The number of amides is 1. The van der Waals surface area contributed by atoms with Crippen LogP contribution >= 0.6 is 0 Å². The van der Waals surface area contributed by atoms with Crippen LogP contribution in [0, 0.1) is 0 Å². The Kier molecular flexibility index (Phi) is 5.80. The SMILES string of the molecule is CC1=NN(c2ccc(Oc3ccccc3)c(S(=O)(=O)O)c2)C(=O)[C@@H]1N=Nc1ccccc1. The first-order chi connectivity index (χ1) is 15.3. The summed E-state index contributed by atoms with van der Waals surface area (Å²) in [6, 6.07) is 20.4. The molecule has 3 aromatic carbocycles. The Morgan fingerprint density at radius 3 is 2.31 bits per heavy atom. The number of hydrogen-bond acceptors (Lipinski definition) is 7. The Balaban J connectivity index is 1.63. The van der Waals surface area contributed by atoms with Crippen LogP contribution < -0.4 is 9.75 Å². The third-order valence-corrected chi connectivity index (χ3v) is 5.44. The zero-order valence-corrected chi connectivity index (χ0v) is 17.7. The van der Waals surface area contributed by atoms with E-state index in [0.717, 1.165) is 11.1 Å². The highest BCUT2D eigenvalue weighted by Crippen LogP contribution is 2.34. The Morgan fingerprint density at radius 1 is 1.00 bits per heavy atom. The number of nitrogens with zero attached hydrogens (tertiary/aromatic N) is 4. The van der Waals surface area contributed by atoms with Gasteiger partial charge in [-0.05, 0) is 49.4 Å². The van der Waals surface area contributed by atoms with Crippen LogP contribution in [-0.2, 0) is 14.9 Å². The summed E-state index contributed by atoms with van der Waals surface area (Å²) >= 11 is 0. The van der Waals surface area contributed by atoms with Crippen LogP contribution in [0.4, 0.5) is 11.4 Å². The molecule has 0 bridgehead atoms. The standard InChI is InChI=1S/C22H18N4O5S/c1-15-21(24-23-16-8-4-2-5-9-16)22(27)26(25-15)17-12-13-19(20(14-17)32(28,29)30)31-18-10-6-3-7-11-18/h2-14,21H,1H3,(H,28,29,30)/t21-/m1/s1. The molecule has 1 N–H and O–H groups in total. The van der Waals surface area contributed by atoms with Gasteiger partial charge in [-0.3, -0.25) is 9.35 Å². The third-order valence-electron chi connectivity index (χ3n) is 4.56. The first-order valence-electron chi connectivity index (χ1n) is 9.52. The quantitative estimate of drug-likeness (QED) is 0.434. The maximum Gasteiger partial charge on any atom is 0.298 e. The average molecular weight is 450 g/mol. The lowest BCUT2D eigenvalue weighted by Crippen LogP contribution is -2.29. The minimum atomic E-state index is -4.65. The fourth-order valence-electron chi connectivity index (χ4n) is 3.02. The van der Waals surface area contributed by atoms with Crippen molar-refractivity contribution in [2.24, 2.45) is 15.3 Å². The molecule has 0 spiro atoms. The number of hydrazone groups is 1. The van der Waals surface area contributed by atoms with E-state index >= 15 is 0 Å². The van der Waals surface area contributed by atoms with Gasteiger partial charge in [0.1, 0.15) is 16.4 Å². The van der Waals surface area contributed by atoms with Crippen molar-refractivity contribution in [3.63, 3.8) is 0 Å². The number of ether oxygens (including phenoxy) is 1. The molecule has 1 amide bonds. The van der Waals surface area contributed by atoms with E-state index in [1.165, 1.54) is 12.1 Å². The zero-order chi connectivity index (χ0) is 22.7. The van der Waals surface area contributed by atoms with Gasteiger partial charge in [-0.1, -0.05) is 36.4 Å². The van der Waals surface area contributed by atoms with E-state index < -0.39 is 27.0 Å². The molecule has 162 valence electrons. The van der Waals surface area contributed by atoms with Gasteiger partial charge < -0.3 is 4.74 Å². The largest absolute Gasteiger partial charge is 0.456 e. The van der Waals surface area contributed by atoms with E-state index in [2.05, 4.69) is 15.3 Å². The number of carbonyl (C=O) groups is 1. The molecule has 1 atom stereocenters. The Hall–Kier alpha value is -3.89. The molecule has 0 aromatic heterocycles. The Morgan fingerprint density at radius 2 is 1.66 bits per heavy atom. The van der Waals surface area contributed by atoms with E-state index in [4.69, 9.17) is 4.74 Å². The lowest BCUT2D eigenvalue weighted by Gasteiger charge is -2.15. The highest BCUT2D eigenvalue weighted by atomic mass is 32.2. The molecule has 1 aliphatic heterocycles. The number of hydrogen-bond donors (Lipinski definition) is 1. The summed E-state index contributed by atoms with van der Waals surface area (Å²) < 4.78 is 39.3. The van der Waals surface area contributed by atoms with Crippen LogP contribution in [0.15, 0.2) is 99.1 Å². The van der Waals surface area contributed by atoms with Crippen LogP contribution in [0.1, 0.15) is 6.92 Å². The molecule has 3 aromatic rings. The highest BCUT2D eigenvalue weighted by Gasteiger charge is 2.35. The fourth-order valence-corrected chi connectivity index (χ4v) is 3.66. The predicted molar refractivity (Wildman–Crippen MR) is 118 cm³/mol. The Bertz CT molecular complexity index is 1310. The van der Waals surface area contributed by atoms with Crippen LogP contribution in [0.25, 0.3) is 0 Å². The van der Waals surface area contributed by atoms with Gasteiger partial charge >= 0.3 is 0 Å². The van der Waals surface area contributed by atoms with Crippen LogP contribution in [-0.4, -0.2) is 30.6 Å². The second-order valence-corrected chi connectivity index (χ2v) is 8.26. The van der Waals surface area contributed by atoms with Gasteiger partial charge in [-0.25, -0.2) is 0 Å². The zero-order valence-electron chi connectivity index (χ0n) is 16.9. The van der Waals surface area contributed by atoms with E-state index in [1.807, 2.05) is 6.07 Å². The number of rotatable bonds is 6. The van der Waals surface area contributed by atoms with Crippen molar-refractivity contribution in [1.29, 1.82) is 0 Å². The van der Waals surface area contributed by atoms with Crippen molar-refractivity contribution in [2.75, 3.05) is 5.01 Å². The van der Waals surface area contributed by atoms with Crippen molar-refractivity contribution in [1.82, 2.24) is 0 Å². The molecule has 0 unspecified atom stereocenters. The van der Waals surface area contributed by atoms with Crippen LogP contribution in [0.2, 0.25) is 0 Å². The number of anilines is 1. The topological polar surface area (TPSA) is 121 Å². The molecule has 1 aliphatic rings. The Labute approximate surface area is 184 Å². The van der Waals surface area contributed by atoms with Gasteiger partial charge in [0, 0.05) is 0 Å². The molecule has 1 heterocycles. The first-order valence-corrected chi connectivity index (χ1v) is 11.0. The maximum absolute atomic E-state index is 12.9. The summed E-state index contributed by atoms with van der Waals surface area (Å²) in [4.78, 5) is 12.4. The third kappa shape index (κ3) is 4.56. The molecule has 0 saturated heterocycles. The van der Waals surface area contributed by atoms with E-state index in [9.17, 15) is 17.8 Å². The van der Waals surface area contributed by atoms with E-state index in [0.29, 0.717) is 17.1 Å². The summed E-state index contributed by atoms with van der Waals surface area (Å²) in [5.41, 5.74) is 1.12. The van der Waals surface area contributed by atoms with Gasteiger partial charge in [-0.2, -0.15) is 28.8 Å². The van der Waals surface area contributed by atoms with Gasteiger partial charge in [0.15, 0.2) is 6.04 Å². The maximum atomic E-state index is 12.9. The van der Waals surface area contributed by atoms with E-state index in [1.54, 1.807) is 61.5 Å². The lowest BCUT2D eigenvalue weighted by molar-refractivity contribution is -0.117. The average Bonchev–Trinajstić information content (AvgIpc) is 3.06. The monoisotopic (exact) mass is 450 g/mol. The van der Waals surface area contributed by atoms with Crippen LogP contribution in [0.5, 0.6) is 11.5 Å². The van der Waals surface area contributed by atoms with Crippen molar-refractivity contribution < 1.29 is 22.5 Å². The normalized spacial score (nSPS) is 16.4. The smallest absolute Gasteiger partial charge is 0.298 e. The number of carbonyl (C=O) groups excluding carboxylic acids is 1. The van der Waals surface area contributed by atoms with Crippen molar-refractivity contribution in [3.8, 4) is 11.5 Å². The minimum Gasteiger partial charge on any atom is -0.456 e. The molecule has 10 heteroatoms. The van der Waals surface area contributed by atoms with Gasteiger partial charge in [-0.15, -0.1) is 0 Å². The van der Waals surface area contributed by atoms with Gasteiger partial charge in [0.25, 0.3) is 16.0 Å². The summed E-state index contributed by atoms with van der Waals surface area (Å²) in [7, 11) is -4.65. The summed E-state index contributed by atoms with van der Waals surface area (Å²) in [5.74, 6) is -0.201. The molecular formula is C22H18N4O5S. The first kappa shape index (κ1) is 21.3. The minimum absolute atomic E-state index is 0.0879. The summed E-state index contributed by atoms with van der Waals surface area (Å²) in [6.45, 7) is 1.63. The fraction of sp³-hybridized carbons (Fsp3) is 0.0909. The van der Waals surface area contributed by atoms with Gasteiger partial charge in [0.05, 0.1) is 17.1 Å². The second kappa shape index (κ2) is 8.69. The second-order valence-electron chi connectivity index (χ2n) is 6.87. The molecule has 4 rings (SSSR count). The summed E-state index contributed by atoms with van der Waals surface area (Å²) in [6.07, 6.45) is 0. The lowest BCUT2D eigenvalue weighted by atomic mass is 10.2. The van der Waals surface area contributed by atoms with Crippen molar-refractivity contribution in [3.05, 3.63) is 78.9 Å². The van der Waals surface area contributed by atoms with E-state index in [-0.39, 0.29) is 11.4 Å². The molecule has 0 aliphatic carbocycles. The summed E-state index contributed by atoms with van der Waals surface area (Å²) in [5, 5.41) is 13.4. The van der Waals surface area contributed by atoms with Crippen molar-refractivity contribution in [2.45, 2.75) is 17.9 Å².